The molecular formula is C25H29N3O4. The van der Waals surface area contributed by atoms with Gasteiger partial charge in [-0.3, -0.25) is 14.6 Å². The van der Waals surface area contributed by atoms with Gasteiger partial charge in [-0.05, 0) is 34.7 Å². The predicted octanol–water partition coefficient (Wildman–Crippen LogP) is 0.344. The molecule has 2 aliphatic heterocycles. The summed E-state index contributed by atoms with van der Waals surface area (Å²) >= 11 is 0. The average molecular weight is 436 g/mol. The maximum Gasteiger partial charge on any atom is 0.295 e. The number of pyridine rings is 1. The van der Waals surface area contributed by atoms with Crippen LogP contribution in [0, 0.1) is 0 Å². The lowest BCUT2D eigenvalue weighted by Crippen LogP contribution is -3.14. The van der Waals surface area contributed by atoms with Gasteiger partial charge < -0.3 is 19.6 Å². The van der Waals surface area contributed by atoms with E-state index in [4.69, 9.17) is 4.74 Å². The summed E-state index contributed by atoms with van der Waals surface area (Å²) in [5, 5.41) is 13.3. The Labute approximate surface area is 188 Å². The molecule has 2 saturated heterocycles. The summed E-state index contributed by atoms with van der Waals surface area (Å²) < 4.78 is 5.42. The van der Waals surface area contributed by atoms with Gasteiger partial charge in [0.1, 0.15) is 13.1 Å². The maximum atomic E-state index is 13.3. The molecule has 7 nitrogen and oxygen atoms in total. The number of nitrogens with zero attached hydrogens (tertiary/aromatic N) is 2. The van der Waals surface area contributed by atoms with Gasteiger partial charge in [0.05, 0.1) is 32.3 Å². The first kappa shape index (κ1) is 22.2. The van der Waals surface area contributed by atoms with Crippen molar-refractivity contribution in [2.45, 2.75) is 25.8 Å². The van der Waals surface area contributed by atoms with Gasteiger partial charge in [-0.1, -0.05) is 43.9 Å². The van der Waals surface area contributed by atoms with Crippen molar-refractivity contribution in [3.8, 4) is 0 Å². The minimum absolute atomic E-state index is 0.0236. The first-order valence-corrected chi connectivity index (χ1v) is 11.2. The van der Waals surface area contributed by atoms with E-state index >= 15 is 0 Å². The zero-order valence-corrected chi connectivity index (χ0v) is 18.5. The van der Waals surface area contributed by atoms with Gasteiger partial charge in [-0.15, -0.1) is 0 Å². The number of morpholine rings is 1. The summed E-state index contributed by atoms with van der Waals surface area (Å²) in [6.45, 7) is 8.47. The summed E-state index contributed by atoms with van der Waals surface area (Å²) in [6, 6.07) is 10.3. The molecule has 0 spiro atoms. The largest absolute Gasteiger partial charge is 0.872 e. The van der Waals surface area contributed by atoms with E-state index in [0.29, 0.717) is 37.8 Å². The molecule has 0 aliphatic carbocycles. The number of quaternary nitrogens is 1. The molecule has 168 valence electrons. The van der Waals surface area contributed by atoms with Crippen molar-refractivity contribution < 1.29 is 24.3 Å². The summed E-state index contributed by atoms with van der Waals surface area (Å²) in [6.07, 6.45) is 3.03. The molecule has 1 aromatic carbocycles. The molecule has 3 heterocycles. The van der Waals surface area contributed by atoms with E-state index in [1.165, 1.54) is 17.3 Å². The SMILES string of the molecule is CC(C)c1ccc(C2C(=C([O-])c3ccncc3)C(=O)C(=O)N2CC[NH+]2CCOCC2)cc1. The molecule has 1 N–H and O–H groups in total. The first-order chi connectivity index (χ1) is 15.5. The quantitative estimate of drug-likeness (QED) is 0.402. The fraction of sp³-hybridized carbons (Fsp3) is 0.400. The van der Waals surface area contributed by atoms with E-state index in [-0.39, 0.29) is 5.57 Å². The van der Waals surface area contributed by atoms with E-state index in [2.05, 4.69) is 18.8 Å². The topological polar surface area (TPSA) is 87.0 Å². The van der Waals surface area contributed by atoms with Gasteiger partial charge in [-0.25, -0.2) is 0 Å². The van der Waals surface area contributed by atoms with Crippen molar-refractivity contribution in [2.75, 3.05) is 39.4 Å². The number of ketones is 1. The van der Waals surface area contributed by atoms with Crippen molar-refractivity contribution >= 4 is 17.4 Å². The second-order valence-electron chi connectivity index (χ2n) is 8.64. The number of Topliss-reactive ketones (excluding diaryl/α,β-unsaturated/α-hetero) is 1. The minimum Gasteiger partial charge on any atom is -0.872 e. The van der Waals surface area contributed by atoms with Crippen LogP contribution in [0.1, 0.15) is 42.5 Å². The van der Waals surface area contributed by atoms with Crippen molar-refractivity contribution in [3.05, 3.63) is 71.1 Å². The van der Waals surface area contributed by atoms with Gasteiger partial charge in [-0.2, -0.15) is 0 Å². The second kappa shape index (κ2) is 9.63. The third-order valence-corrected chi connectivity index (χ3v) is 6.30. The zero-order valence-electron chi connectivity index (χ0n) is 18.5. The van der Waals surface area contributed by atoms with Crippen molar-refractivity contribution in [2.24, 2.45) is 0 Å². The van der Waals surface area contributed by atoms with E-state index in [9.17, 15) is 14.7 Å². The van der Waals surface area contributed by atoms with E-state index in [0.717, 1.165) is 24.2 Å². The van der Waals surface area contributed by atoms with Crippen LogP contribution in [0.25, 0.3) is 5.76 Å². The molecule has 2 fully saturated rings. The molecule has 1 unspecified atom stereocenters. The highest BCUT2D eigenvalue weighted by atomic mass is 16.5. The lowest BCUT2D eigenvalue weighted by atomic mass is 9.93. The normalized spacial score (nSPS) is 21.5. The average Bonchev–Trinajstić information content (AvgIpc) is 3.08. The molecule has 2 aromatic rings. The van der Waals surface area contributed by atoms with E-state index in [1.54, 1.807) is 17.0 Å². The number of nitrogens with one attached hydrogen (secondary N) is 1. The Morgan fingerprint density at radius 3 is 2.41 bits per heavy atom. The number of benzene rings is 1. The smallest absolute Gasteiger partial charge is 0.295 e. The van der Waals surface area contributed by atoms with Gasteiger partial charge in [0.2, 0.25) is 5.78 Å². The van der Waals surface area contributed by atoms with Gasteiger partial charge in [0, 0.05) is 18.0 Å². The standard InChI is InChI=1S/C25H29N3O4/c1-17(2)18-3-5-19(6-4-18)22-21(23(29)20-7-9-26-10-8-20)24(30)25(31)28(22)12-11-27-13-15-32-16-14-27/h3-10,17,22,29H,11-16H2,1-2H3. The van der Waals surface area contributed by atoms with E-state index < -0.39 is 23.5 Å². The summed E-state index contributed by atoms with van der Waals surface area (Å²) in [5.41, 5.74) is 2.33. The van der Waals surface area contributed by atoms with Crippen LogP contribution in [0.4, 0.5) is 0 Å². The fourth-order valence-corrected chi connectivity index (χ4v) is 4.36. The number of carbonyl (C=O) groups is 2. The third kappa shape index (κ3) is 4.45. The van der Waals surface area contributed by atoms with Crippen LogP contribution in [0.5, 0.6) is 0 Å². The molecule has 0 bridgehead atoms. The van der Waals surface area contributed by atoms with Crippen LogP contribution in [0.15, 0.2) is 54.4 Å². The predicted molar refractivity (Wildman–Crippen MR) is 118 cm³/mol. The van der Waals surface area contributed by atoms with Crippen molar-refractivity contribution in [1.29, 1.82) is 0 Å². The second-order valence-corrected chi connectivity index (χ2v) is 8.64. The Kier molecular flexibility index (Phi) is 6.67. The highest BCUT2D eigenvalue weighted by Gasteiger charge is 2.44. The molecule has 7 heteroatoms. The number of likely N-dealkylation sites (tertiary alicyclic amines) is 1. The molecule has 4 rings (SSSR count). The Bertz CT molecular complexity index is 996. The molecule has 32 heavy (non-hydrogen) atoms. The minimum atomic E-state index is -0.707. The molecule has 0 radical (unpaired) electrons. The van der Waals surface area contributed by atoms with Gasteiger partial charge in [0.15, 0.2) is 0 Å². The van der Waals surface area contributed by atoms with Gasteiger partial charge in [0.25, 0.3) is 5.91 Å². The zero-order chi connectivity index (χ0) is 22.7. The molecule has 2 aliphatic rings. The molecule has 1 atom stereocenters. The number of carbonyl (C=O) groups excluding carboxylic acids is 2. The Morgan fingerprint density at radius 2 is 1.78 bits per heavy atom. The molecule has 1 aromatic heterocycles. The van der Waals surface area contributed by atoms with Gasteiger partial charge >= 0.3 is 0 Å². The lowest BCUT2D eigenvalue weighted by Gasteiger charge is -2.30. The highest BCUT2D eigenvalue weighted by molar-refractivity contribution is 6.46. The third-order valence-electron chi connectivity index (χ3n) is 6.30. The Balaban J connectivity index is 1.72. The van der Waals surface area contributed by atoms with Crippen molar-refractivity contribution in [3.63, 3.8) is 0 Å². The highest BCUT2D eigenvalue weighted by Crippen LogP contribution is 2.38. The maximum absolute atomic E-state index is 13.3. The van der Waals surface area contributed by atoms with Crippen LogP contribution in [0.3, 0.4) is 0 Å². The van der Waals surface area contributed by atoms with Crippen LogP contribution in [0.2, 0.25) is 0 Å². The number of aromatic nitrogens is 1. The number of amides is 1. The van der Waals surface area contributed by atoms with Crippen LogP contribution in [-0.2, 0) is 14.3 Å². The number of rotatable bonds is 6. The van der Waals surface area contributed by atoms with Crippen molar-refractivity contribution in [1.82, 2.24) is 9.88 Å². The summed E-state index contributed by atoms with van der Waals surface area (Å²) in [5.74, 6) is -1.36. The summed E-state index contributed by atoms with van der Waals surface area (Å²) in [7, 11) is 0. The summed E-state index contributed by atoms with van der Waals surface area (Å²) in [4.78, 5) is 32.9. The van der Waals surface area contributed by atoms with E-state index in [1.807, 2.05) is 24.3 Å². The lowest BCUT2D eigenvalue weighted by molar-refractivity contribution is -0.907. The first-order valence-electron chi connectivity index (χ1n) is 11.2. The molecular weight excluding hydrogens is 406 g/mol. The number of hydrogen-bond acceptors (Lipinski definition) is 5. The number of hydrogen-bond donors (Lipinski definition) is 1. The molecule has 1 amide bonds. The monoisotopic (exact) mass is 435 g/mol. The van der Waals surface area contributed by atoms with Crippen LogP contribution in [-0.4, -0.2) is 61.0 Å². The Hall–Kier alpha value is -3.03. The van der Waals surface area contributed by atoms with Crippen LogP contribution < -0.4 is 10.0 Å². The van der Waals surface area contributed by atoms with Crippen LogP contribution >= 0.6 is 0 Å². The number of ether oxygens (including phenoxy) is 1. The fourth-order valence-electron chi connectivity index (χ4n) is 4.36. The Morgan fingerprint density at radius 1 is 1.12 bits per heavy atom. The molecule has 0 saturated carbocycles.